The number of aryl methyl sites for hydroxylation is 1. The molecule has 0 aliphatic heterocycles. The molecule has 1 N–H and O–H groups in total. The van der Waals surface area contributed by atoms with Crippen molar-refractivity contribution in [2.24, 2.45) is 0 Å². The van der Waals surface area contributed by atoms with Crippen LogP contribution in [0.5, 0.6) is 0 Å². The van der Waals surface area contributed by atoms with Crippen molar-refractivity contribution in [2.45, 2.75) is 24.7 Å². The summed E-state index contributed by atoms with van der Waals surface area (Å²) in [6.07, 6.45) is 0. The lowest BCUT2D eigenvalue weighted by atomic mass is 9.90. The van der Waals surface area contributed by atoms with Gasteiger partial charge in [0.2, 0.25) is 12.5 Å². The van der Waals surface area contributed by atoms with E-state index in [1.807, 2.05) is 6.92 Å². The minimum atomic E-state index is -4.09. The SMILES string of the molecule is CC(=O)n1c(NS(=O)(=O)c2ccc(C)cc2)c(C(C[N+](=O)[O-])c2ccccc2)c2ccccc21. The van der Waals surface area contributed by atoms with E-state index in [0.29, 0.717) is 22.0 Å². The number of nitro groups is 1. The number of carbonyl (C=O) groups is 1. The van der Waals surface area contributed by atoms with Gasteiger partial charge in [0.15, 0.2) is 0 Å². The molecule has 4 rings (SSSR count). The fraction of sp³-hybridized carbons (Fsp3) is 0.160. The number of para-hydroxylation sites is 1. The summed E-state index contributed by atoms with van der Waals surface area (Å²) in [5.41, 5.74) is 2.38. The molecule has 8 nitrogen and oxygen atoms in total. The van der Waals surface area contributed by atoms with E-state index in [4.69, 9.17) is 0 Å². The largest absolute Gasteiger partial charge is 0.274 e. The third-order valence-electron chi connectivity index (χ3n) is 5.67. The summed E-state index contributed by atoms with van der Waals surface area (Å²) >= 11 is 0. The van der Waals surface area contributed by atoms with Crippen LogP contribution >= 0.6 is 0 Å². The standard InChI is InChI=1S/C25H23N3O5S/c1-17-12-14-20(15-13-17)34(32,33)26-25-24(21-10-6-7-11-23(21)28(25)18(2)29)22(16-27(30)31)19-8-4-3-5-9-19/h3-15,22,26H,16H2,1-2H3. The van der Waals surface area contributed by atoms with Gasteiger partial charge in [-0.15, -0.1) is 0 Å². The monoisotopic (exact) mass is 477 g/mol. The molecule has 34 heavy (non-hydrogen) atoms. The second-order valence-corrected chi connectivity index (χ2v) is 9.71. The van der Waals surface area contributed by atoms with E-state index in [-0.39, 0.29) is 10.7 Å². The van der Waals surface area contributed by atoms with Crippen LogP contribution in [0.1, 0.15) is 34.3 Å². The van der Waals surface area contributed by atoms with Crippen molar-refractivity contribution < 1.29 is 18.1 Å². The summed E-state index contributed by atoms with van der Waals surface area (Å²) in [7, 11) is -4.09. The van der Waals surface area contributed by atoms with Crippen molar-refractivity contribution in [3.05, 3.63) is 106 Å². The Morgan fingerprint density at radius 1 is 1.00 bits per heavy atom. The van der Waals surface area contributed by atoms with Crippen LogP contribution in [0.3, 0.4) is 0 Å². The zero-order valence-corrected chi connectivity index (χ0v) is 19.5. The second-order valence-electron chi connectivity index (χ2n) is 8.03. The molecule has 4 aromatic rings. The summed E-state index contributed by atoms with van der Waals surface area (Å²) in [6.45, 7) is 2.69. The molecule has 174 valence electrons. The molecular weight excluding hydrogens is 454 g/mol. The number of hydrogen-bond acceptors (Lipinski definition) is 5. The van der Waals surface area contributed by atoms with Crippen LogP contribution in [0.2, 0.25) is 0 Å². The van der Waals surface area contributed by atoms with Gasteiger partial charge >= 0.3 is 0 Å². The van der Waals surface area contributed by atoms with Crippen LogP contribution in [0.15, 0.2) is 83.8 Å². The minimum Gasteiger partial charge on any atom is -0.274 e. The highest BCUT2D eigenvalue weighted by atomic mass is 32.2. The van der Waals surface area contributed by atoms with Crippen molar-refractivity contribution in [3.63, 3.8) is 0 Å². The number of nitrogens with zero attached hydrogens (tertiary/aromatic N) is 2. The molecule has 1 unspecified atom stereocenters. The van der Waals surface area contributed by atoms with Gasteiger partial charge in [0.05, 0.1) is 16.3 Å². The lowest BCUT2D eigenvalue weighted by Gasteiger charge is -2.18. The van der Waals surface area contributed by atoms with Crippen molar-refractivity contribution in [3.8, 4) is 0 Å². The molecule has 0 radical (unpaired) electrons. The van der Waals surface area contributed by atoms with E-state index in [2.05, 4.69) is 4.72 Å². The Bertz CT molecular complexity index is 1480. The highest BCUT2D eigenvalue weighted by molar-refractivity contribution is 7.92. The summed E-state index contributed by atoms with van der Waals surface area (Å²) < 4.78 is 30.5. The predicted molar refractivity (Wildman–Crippen MR) is 130 cm³/mol. The van der Waals surface area contributed by atoms with Gasteiger partial charge in [0.25, 0.3) is 10.0 Å². The normalized spacial score (nSPS) is 12.4. The van der Waals surface area contributed by atoms with Crippen molar-refractivity contribution in [1.29, 1.82) is 0 Å². The van der Waals surface area contributed by atoms with Crippen molar-refractivity contribution in [1.82, 2.24) is 4.57 Å². The lowest BCUT2D eigenvalue weighted by Crippen LogP contribution is -2.21. The summed E-state index contributed by atoms with van der Waals surface area (Å²) in [5.74, 6) is -1.21. The molecule has 0 spiro atoms. The topological polar surface area (TPSA) is 111 Å². The van der Waals surface area contributed by atoms with Crippen LogP contribution in [0.4, 0.5) is 5.82 Å². The van der Waals surface area contributed by atoms with Gasteiger partial charge in [0, 0.05) is 22.8 Å². The van der Waals surface area contributed by atoms with Gasteiger partial charge in [-0.3, -0.25) is 24.2 Å². The number of benzene rings is 3. The van der Waals surface area contributed by atoms with E-state index in [1.54, 1.807) is 66.7 Å². The zero-order valence-electron chi connectivity index (χ0n) is 18.6. The molecule has 0 aliphatic carbocycles. The maximum Gasteiger partial charge on any atom is 0.263 e. The fourth-order valence-electron chi connectivity index (χ4n) is 4.15. The van der Waals surface area contributed by atoms with Gasteiger partial charge in [0.1, 0.15) is 5.82 Å². The average molecular weight is 478 g/mol. The summed E-state index contributed by atoms with van der Waals surface area (Å²) in [6, 6.07) is 22.1. The zero-order chi connectivity index (χ0) is 24.5. The van der Waals surface area contributed by atoms with E-state index >= 15 is 0 Å². The number of rotatable bonds is 7. The molecule has 1 heterocycles. The first-order valence-electron chi connectivity index (χ1n) is 10.6. The third-order valence-corrected chi connectivity index (χ3v) is 7.03. The third kappa shape index (κ3) is 4.42. The van der Waals surface area contributed by atoms with E-state index in [1.165, 1.54) is 23.6 Å². The molecule has 0 bridgehead atoms. The fourth-order valence-corrected chi connectivity index (χ4v) is 5.21. The number of carbonyl (C=O) groups excluding carboxylic acids is 1. The molecule has 0 amide bonds. The molecule has 0 saturated carbocycles. The number of hydrogen-bond donors (Lipinski definition) is 1. The highest BCUT2D eigenvalue weighted by Gasteiger charge is 2.32. The predicted octanol–water partition coefficient (Wildman–Crippen LogP) is 4.82. The first kappa shape index (κ1) is 23.2. The lowest BCUT2D eigenvalue weighted by molar-refractivity contribution is -0.481. The van der Waals surface area contributed by atoms with E-state index in [0.717, 1.165) is 5.56 Å². The van der Waals surface area contributed by atoms with E-state index < -0.39 is 33.3 Å². The Labute approximate surface area is 197 Å². The van der Waals surface area contributed by atoms with Gasteiger partial charge in [-0.25, -0.2) is 8.42 Å². The molecular formula is C25H23N3O5S. The Morgan fingerprint density at radius 3 is 2.24 bits per heavy atom. The van der Waals surface area contributed by atoms with E-state index in [9.17, 15) is 23.3 Å². The summed E-state index contributed by atoms with van der Waals surface area (Å²) in [4.78, 5) is 24.0. The van der Waals surface area contributed by atoms with Crippen LogP contribution in [0.25, 0.3) is 10.9 Å². The molecule has 9 heteroatoms. The number of sulfonamides is 1. The molecule has 1 aromatic heterocycles. The maximum atomic E-state index is 13.3. The number of aromatic nitrogens is 1. The molecule has 0 saturated heterocycles. The minimum absolute atomic E-state index is 0.00461. The van der Waals surface area contributed by atoms with Crippen molar-refractivity contribution in [2.75, 3.05) is 11.3 Å². The first-order valence-corrected chi connectivity index (χ1v) is 12.1. The molecule has 0 aliphatic rings. The average Bonchev–Trinajstić information content (AvgIpc) is 3.11. The molecule has 0 fully saturated rings. The Hall–Kier alpha value is -3.98. The van der Waals surface area contributed by atoms with Crippen molar-refractivity contribution >= 4 is 32.7 Å². The first-order chi connectivity index (χ1) is 16.2. The quantitative estimate of drug-likeness (QED) is 0.303. The number of anilines is 1. The summed E-state index contributed by atoms with van der Waals surface area (Å²) in [5, 5.41) is 12.2. The molecule has 1 atom stereocenters. The van der Waals surface area contributed by atoms with Gasteiger partial charge in [-0.05, 0) is 30.7 Å². The Kier molecular flexibility index (Phi) is 6.21. The number of nitrogens with one attached hydrogen (secondary N) is 1. The van der Waals surface area contributed by atoms with Crippen LogP contribution < -0.4 is 4.72 Å². The Balaban J connectivity index is 2.01. The van der Waals surface area contributed by atoms with Crippen LogP contribution in [-0.4, -0.2) is 30.4 Å². The van der Waals surface area contributed by atoms with Crippen LogP contribution in [0, 0.1) is 17.0 Å². The van der Waals surface area contributed by atoms with Gasteiger partial charge < -0.3 is 0 Å². The second kappa shape index (κ2) is 9.11. The highest BCUT2D eigenvalue weighted by Crippen LogP contribution is 2.40. The number of fused-ring (bicyclic) bond motifs is 1. The maximum absolute atomic E-state index is 13.3. The smallest absolute Gasteiger partial charge is 0.263 e. The molecule has 3 aromatic carbocycles. The van der Waals surface area contributed by atoms with Gasteiger partial charge in [-0.2, -0.15) is 0 Å². The van der Waals surface area contributed by atoms with Crippen LogP contribution in [-0.2, 0) is 10.0 Å². The van der Waals surface area contributed by atoms with Gasteiger partial charge in [-0.1, -0.05) is 66.2 Å². The Morgan fingerprint density at radius 2 is 1.62 bits per heavy atom.